The highest BCUT2D eigenvalue weighted by atomic mass is 35.5. The number of nitrogens with one attached hydrogen (secondary N) is 1. The zero-order valence-electron chi connectivity index (χ0n) is 16.4. The molecule has 154 valence electrons. The summed E-state index contributed by atoms with van der Waals surface area (Å²) in [7, 11) is 0. The second kappa shape index (κ2) is 9.65. The molecule has 0 saturated carbocycles. The largest absolute Gasteiger partial charge is 0.489 e. The fourth-order valence-electron chi connectivity index (χ4n) is 3.02. The molecule has 0 spiro atoms. The molecule has 4 rings (SSSR count). The number of hydrogen-bond donors (Lipinski definition) is 1. The molecule has 0 aliphatic rings. The van der Waals surface area contributed by atoms with Crippen LogP contribution in [0.5, 0.6) is 5.75 Å². The summed E-state index contributed by atoms with van der Waals surface area (Å²) in [6, 6.07) is 26.1. The van der Waals surface area contributed by atoms with E-state index in [9.17, 15) is 4.79 Å². The lowest BCUT2D eigenvalue weighted by Gasteiger charge is -2.08. The standard InChI is InChI=1S/C25H18Cl2N2O2/c26-22-10-7-21(24(27)14-22)16-31-23-11-8-19(9-12-23)25(30)29-28-15-17-5-6-18-3-1-2-4-20(18)13-17/h1-15H,16H2,(H,29,30)/b28-15-. The second-order valence-electron chi connectivity index (χ2n) is 6.85. The van der Waals surface area contributed by atoms with Crippen molar-refractivity contribution < 1.29 is 9.53 Å². The van der Waals surface area contributed by atoms with Gasteiger partial charge in [0.2, 0.25) is 0 Å². The summed E-state index contributed by atoms with van der Waals surface area (Å²) in [5.41, 5.74) is 4.76. The third-order valence-corrected chi connectivity index (χ3v) is 5.27. The van der Waals surface area contributed by atoms with Crippen molar-refractivity contribution in [2.24, 2.45) is 5.10 Å². The van der Waals surface area contributed by atoms with E-state index in [1.807, 2.05) is 42.5 Å². The van der Waals surface area contributed by atoms with Crippen molar-refractivity contribution in [3.05, 3.63) is 112 Å². The number of rotatable bonds is 6. The molecule has 0 aliphatic heterocycles. The van der Waals surface area contributed by atoms with Gasteiger partial charge in [-0.05, 0) is 58.8 Å². The molecule has 0 saturated heterocycles. The van der Waals surface area contributed by atoms with Crippen LogP contribution in [0, 0.1) is 0 Å². The normalized spacial score (nSPS) is 11.0. The van der Waals surface area contributed by atoms with Crippen LogP contribution in [-0.2, 0) is 6.61 Å². The summed E-state index contributed by atoms with van der Waals surface area (Å²) in [6.07, 6.45) is 1.62. The van der Waals surface area contributed by atoms with Gasteiger partial charge >= 0.3 is 0 Å². The molecule has 0 aliphatic carbocycles. The molecule has 0 heterocycles. The third-order valence-electron chi connectivity index (χ3n) is 4.68. The molecule has 1 N–H and O–H groups in total. The van der Waals surface area contributed by atoms with Gasteiger partial charge in [0.05, 0.1) is 6.21 Å². The van der Waals surface area contributed by atoms with E-state index in [1.165, 1.54) is 0 Å². The maximum atomic E-state index is 12.3. The van der Waals surface area contributed by atoms with E-state index in [-0.39, 0.29) is 5.91 Å². The summed E-state index contributed by atoms with van der Waals surface area (Å²) in [5, 5.41) is 7.46. The lowest BCUT2D eigenvalue weighted by atomic mass is 10.1. The number of ether oxygens (including phenoxy) is 1. The highest BCUT2D eigenvalue weighted by Gasteiger charge is 2.06. The van der Waals surface area contributed by atoms with Crippen molar-refractivity contribution in [2.75, 3.05) is 0 Å². The molecule has 1 amide bonds. The fraction of sp³-hybridized carbons (Fsp3) is 0.0400. The number of hydrazone groups is 1. The number of fused-ring (bicyclic) bond motifs is 1. The highest BCUT2D eigenvalue weighted by molar-refractivity contribution is 6.35. The molecule has 4 nitrogen and oxygen atoms in total. The molecule has 0 radical (unpaired) electrons. The van der Waals surface area contributed by atoms with Crippen LogP contribution >= 0.6 is 23.2 Å². The Morgan fingerprint density at radius 2 is 1.68 bits per heavy atom. The zero-order chi connectivity index (χ0) is 21.6. The molecule has 0 fully saturated rings. The Bertz CT molecular complexity index is 1250. The first-order chi connectivity index (χ1) is 15.1. The van der Waals surface area contributed by atoms with Crippen LogP contribution in [-0.4, -0.2) is 12.1 Å². The molecule has 4 aromatic carbocycles. The number of carbonyl (C=O) groups excluding carboxylic acids is 1. The minimum Gasteiger partial charge on any atom is -0.489 e. The van der Waals surface area contributed by atoms with Crippen LogP contribution in [0.25, 0.3) is 10.8 Å². The Hall–Kier alpha value is -3.34. The average molecular weight is 449 g/mol. The Morgan fingerprint density at radius 3 is 2.45 bits per heavy atom. The lowest BCUT2D eigenvalue weighted by Crippen LogP contribution is -2.17. The summed E-state index contributed by atoms with van der Waals surface area (Å²) >= 11 is 12.1. The average Bonchev–Trinajstić information content (AvgIpc) is 2.79. The number of carbonyl (C=O) groups is 1. The number of hydrogen-bond acceptors (Lipinski definition) is 3. The van der Waals surface area contributed by atoms with E-state index in [0.717, 1.165) is 21.9 Å². The van der Waals surface area contributed by atoms with Gasteiger partial charge < -0.3 is 4.74 Å². The fourth-order valence-corrected chi connectivity index (χ4v) is 3.48. The quantitative estimate of drug-likeness (QED) is 0.270. The van der Waals surface area contributed by atoms with Gasteiger partial charge in [0.15, 0.2) is 0 Å². The van der Waals surface area contributed by atoms with Gasteiger partial charge in [0, 0.05) is 21.2 Å². The molecule has 4 aromatic rings. The first kappa shape index (κ1) is 20.9. The van der Waals surface area contributed by atoms with Crippen LogP contribution in [0.4, 0.5) is 0 Å². The molecule has 0 bridgehead atoms. The van der Waals surface area contributed by atoms with Crippen LogP contribution < -0.4 is 10.2 Å². The monoisotopic (exact) mass is 448 g/mol. The minimum absolute atomic E-state index is 0.302. The van der Waals surface area contributed by atoms with E-state index in [2.05, 4.69) is 16.6 Å². The van der Waals surface area contributed by atoms with Gasteiger partial charge in [-0.1, -0.05) is 65.7 Å². The summed E-state index contributed by atoms with van der Waals surface area (Å²) in [6.45, 7) is 0.303. The summed E-state index contributed by atoms with van der Waals surface area (Å²) in [4.78, 5) is 12.3. The van der Waals surface area contributed by atoms with Crippen LogP contribution in [0.15, 0.2) is 90.0 Å². The first-order valence-corrected chi connectivity index (χ1v) is 10.3. The zero-order valence-corrected chi connectivity index (χ0v) is 17.9. The molecule has 0 atom stereocenters. The van der Waals surface area contributed by atoms with Crippen molar-refractivity contribution >= 4 is 46.1 Å². The van der Waals surface area contributed by atoms with Crippen molar-refractivity contribution in [3.63, 3.8) is 0 Å². The predicted octanol–water partition coefficient (Wildman–Crippen LogP) is 6.49. The molecular formula is C25H18Cl2N2O2. The highest BCUT2D eigenvalue weighted by Crippen LogP contribution is 2.23. The van der Waals surface area contributed by atoms with Crippen molar-refractivity contribution in [2.45, 2.75) is 6.61 Å². The molecule has 0 unspecified atom stereocenters. The number of halogens is 2. The van der Waals surface area contributed by atoms with Crippen LogP contribution in [0.1, 0.15) is 21.5 Å². The Morgan fingerprint density at radius 1 is 0.903 bits per heavy atom. The molecule has 31 heavy (non-hydrogen) atoms. The van der Waals surface area contributed by atoms with Crippen molar-refractivity contribution in [1.29, 1.82) is 0 Å². The Labute approximate surface area is 190 Å². The van der Waals surface area contributed by atoms with Gasteiger partial charge in [-0.2, -0.15) is 5.10 Å². The number of nitrogens with zero attached hydrogens (tertiary/aromatic N) is 1. The third kappa shape index (κ3) is 5.43. The SMILES string of the molecule is O=C(N/N=C\c1ccc2ccccc2c1)c1ccc(OCc2ccc(Cl)cc2Cl)cc1. The van der Waals surface area contributed by atoms with E-state index in [1.54, 1.807) is 42.6 Å². The Kier molecular flexibility index (Phi) is 6.51. The summed E-state index contributed by atoms with van der Waals surface area (Å²) in [5.74, 6) is 0.326. The maximum absolute atomic E-state index is 12.3. The van der Waals surface area contributed by atoms with E-state index < -0.39 is 0 Å². The number of amides is 1. The van der Waals surface area contributed by atoms with Gasteiger partial charge in [-0.25, -0.2) is 5.43 Å². The van der Waals surface area contributed by atoms with Crippen molar-refractivity contribution in [3.8, 4) is 5.75 Å². The first-order valence-electron chi connectivity index (χ1n) is 9.57. The Balaban J connectivity index is 1.33. The lowest BCUT2D eigenvalue weighted by molar-refractivity contribution is 0.0955. The van der Waals surface area contributed by atoms with Crippen molar-refractivity contribution in [1.82, 2.24) is 5.43 Å². The van der Waals surface area contributed by atoms with E-state index >= 15 is 0 Å². The number of benzene rings is 4. The van der Waals surface area contributed by atoms with Gasteiger partial charge in [0.25, 0.3) is 5.91 Å². The minimum atomic E-state index is -0.302. The van der Waals surface area contributed by atoms with Crippen LogP contribution in [0.3, 0.4) is 0 Å². The molecular weight excluding hydrogens is 431 g/mol. The van der Waals surface area contributed by atoms with E-state index in [0.29, 0.717) is 28.0 Å². The second-order valence-corrected chi connectivity index (χ2v) is 7.70. The smallest absolute Gasteiger partial charge is 0.271 e. The van der Waals surface area contributed by atoms with Gasteiger partial charge in [-0.15, -0.1) is 0 Å². The molecule has 6 heteroatoms. The topological polar surface area (TPSA) is 50.7 Å². The maximum Gasteiger partial charge on any atom is 0.271 e. The van der Waals surface area contributed by atoms with E-state index in [4.69, 9.17) is 27.9 Å². The van der Waals surface area contributed by atoms with Gasteiger partial charge in [-0.3, -0.25) is 4.79 Å². The van der Waals surface area contributed by atoms with Crippen LogP contribution in [0.2, 0.25) is 10.0 Å². The van der Waals surface area contributed by atoms with Gasteiger partial charge in [0.1, 0.15) is 12.4 Å². The predicted molar refractivity (Wildman–Crippen MR) is 126 cm³/mol. The molecule has 0 aromatic heterocycles. The summed E-state index contributed by atoms with van der Waals surface area (Å²) < 4.78 is 5.73.